The molecule has 3 heterocycles. The number of amides is 1. The Kier molecular flexibility index (Phi) is 11.9. The lowest BCUT2D eigenvalue weighted by Crippen LogP contribution is -2.52. The summed E-state index contributed by atoms with van der Waals surface area (Å²) in [6.45, 7) is 16.7. The van der Waals surface area contributed by atoms with Gasteiger partial charge in [0.05, 0.1) is 11.4 Å². The Bertz CT molecular complexity index is 1600. The van der Waals surface area contributed by atoms with Crippen LogP contribution in [-0.4, -0.2) is 75.0 Å². The number of piperazine rings is 1. The van der Waals surface area contributed by atoms with Crippen LogP contribution in [0.25, 0.3) is 10.9 Å². The fourth-order valence-electron chi connectivity index (χ4n) is 6.55. The molecule has 0 saturated carbocycles. The normalized spacial score (nSPS) is 14.7. The molecule has 1 fully saturated rings. The van der Waals surface area contributed by atoms with E-state index in [1.807, 2.05) is 41.1 Å². The molecule has 1 amide bonds. The lowest BCUT2D eigenvalue weighted by Gasteiger charge is -2.37. The lowest BCUT2D eigenvalue weighted by atomic mass is 10.2. The smallest absolute Gasteiger partial charge is 0.263 e. The van der Waals surface area contributed by atoms with Crippen molar-refractivity contribution < 1.29 is 19.7 Å². The second-order valence-electron chi connectivity index (χ2n) is 12.6. The molecule has 45 heavy (non-hydrogen) atoms. The summed E-state index contributed by atoms with van der Waals surface area (Å²) < 4.78 is 29.4. The number of aliphatic hydroxyl groups excluding tert-OH is 1. The fraction of sp³-hybridized carbons (Fsp3) is 0.455. The number of nitrogens with one attached hydrogen (secondary N) is 1. The summed E-state index contributed by atoms with van der Waals surface area (Å²) in [5.41, 5.74) is 4.78. The van der Waals surface area contributed by atoms with Crippen LogP contribution in [0.2, 0.25) is 16.6 Å². The number of hydrogen-bond donors (Lipinski definition) is 2. The first-order chi connectivity index (χ1) is 21.4. The van der Waals surface area contributed by atoms with E-state index >= 15 is 0 Å². The van der Waals surface area contributed by atoms with Crippen LogP contribution < -0.4 is 9.62 Å². The number of sulfonamides is 1. The highest BCUT2D eigenvalue weighted by molar-refractivity contribution is 7.93. The van der Waals surface area contributed by atoms with Crippen molar-refractivity contribution in [1.82, 2.24) is 14.5 Å². The van der Waals surface area contributed by atoms with Crippen LogP contribution in [0, 0.1) is 0 Å². The Morgan fingerprint density at radius 2 is 1.58 bits per heavy atom. The molecule has 1 saturated heterocycles. The Balaban J connectivity index is 0.000000455. The maximum absolute atomic E-state index is 12.9. The molecule has 12 heteroatoms. The third-order valence-corrected chi connectivity index (χ3v) is 15.2. The summed E-state index contributed by atoms with van der Waals surface area (Å²) in [5, 5.41) is 13.7. The molecule has 9 nitrogen and oxygen atoms in total. The molecule has 0 aliphatic carbocycles. The summed E-state index contributed by atoms with van der Waals surface area (Å²) in [6.07, 6.45) is 2.31. The molecule has 1 atom stereocenters. The van der Waals surface area contributed by atoms with Crippen LogP contribution in [0.15, 0.2) is 77.3 Å². The van der Waals surface area contributed by atoms with Crippen LogP contribution in [0.5, 0.6) is 0 Å². The van der Waals surface area contributed by atoms with E-state index < -0.39 is 24.9 Å². The number of nitrogens with zero attached hydrogens (tertiary/aromatic N) is 4. The van der Waals surface area contributed by atoms with Crippen molar-refractivity contribution in [2.45, 2.75) is 75.7 Å². The predicted molar refractivity (Wildman–Crippen MR) is 191 cm³/mol. The van der Waals surface area contributed by atoms with Crippen LogP contribution in [0.3, 0.4) is 0 Å². The quantitative estimate of drug-likeness (QED) is 0.192. The largest absolute Gasteiger partial charge is 0.381 e. The molecule has 2 aromatic heterocycles. The minimum absolute atomic E-state index is 0. The van der Waals surface area contributed by atoms with E-state index in [2.05, 4.69) is 56.1 Å². The third-order valence-electron chi connectivity index (χ3n) is 8.40. The average molecular weight is 672 g/mol. The number of anilines is 2. The topological polar surface area (TPSA) is 108 Å². The molecule has 5 rings (SSSR count). The van der Waals surface area contributed by atoms with Gasteiger partial charge >= 0.3 is 0 Å². The fourth-order valence-corrected chi connectivity index (χ4v) is 13.0. The first-order valence-electron chi connectivity index (χ1n) is 15.7. The highest BCUT2D eigenvalue weighted by Gasteiger charge is 2.27. The SMILES string of the molecule is CC(C)[SiH](C(C)C)C(C)C.O=C([C@H](O)Cn1ccc2ccccc21)N1CCN(c2ccc(S(=O)(=O)Nc3nccs3)cc2)CC1.[HH]. The van der Waals surface area contributed by atoms with Gasteiger partial charge < -0.3 is 19.5 Å². The van der Waals surface area contributed by atoms with E-state index in [1.54, 1.807) is 34.5 Å². The Labute approximate surface area is 275 Å². The zero-order chi connectivity index (χ0) is 32.7. The van der Waals surface area contributed by atoms with Crippen molar-refractivity contribution >= 4 is 57.8 Å². The number of hydrogen-bond acceptors (Lipinski definition) is 7. The van der Waals surface area contributed by atoms with Gasteiger partial charge in [-0.15, -0.1) is 11.3 Å². The van der Waals surface area contributed by atoms with Gasteiger partial charge in [-0.3, -0.25) is 9.52 Å². The number of thiazole rings is 1. The standard InChI is InChI=1S/C24H25N5O4S2.C9H22Si.H2/c30-22(17-29-11-9-18-3-1-2-4-21(18)29)23(31)28-14-12-27(13-15-28)19-5-7-20(8-6-19)35(32,33)26-24-25-10-16-34-24;1-7(2)10(8(3)4)9(5)6;/h1-11,16,22,30H,12-15,17H2,(H,25,26);7-10H,1-6H3;1H/t22-;;/m1../s1. The van der Waals surface area contributed by atoms with Gasteiger partial charge in [-0.25, -0.2) is 13.4 Å². The predicted octanol–water partition coefficient (Wildman–Crippen LogP) is 6.30. The molecular weight excluding hydrogens is 623 g/mol. The third kappa shape index (κ3) is 8.96. The van der Waals surface area contributed by atoms with Gasteiger partial charge in [0, 0.05) is 65.4 Å². The molecule has 1 aliphatic heterocycles. The molecule has 2 aromatic carbocycles. The molecule has 2 N–H and O–H groups in total. The van der Waals surface area contributed by atoms with E-state index in [9.17, 15) is 18.3 Å². The van der Waals surface area contributed by atoms with E-state index in [4.69, 9.17) is 0 Å². The number of carbonyl (C=O) groups excluding carboxylic acids is 1. The number of aromatic nitrogens is 2. The molecule has 1 aliphatic rings. The number of aliphatic hydroxyl groups is 1. The first-order valence-corrected chi connectivity index (χ1v) is 20.0. The van der Waals surface area contributed by atoms with E-state index in [-0.39, 0.29) is 18.8 Å². The molecule has 0 spiro atoms. The highest BCUT2D eigenvalue weighted by Crippen LogP contribution is 2.29. The van der Waals surface area contributed by atoms with Crippen molar-refractivity contribution in [2.75, 3.05) is 35.8 Å². The van der Waals surface area contributed by atoms with Crippen LogP contribution in [-0.2, 0) is 21.4 Å². The number of rotatable bonds is 10. The highest BCUT2D eigenvalue weighted by atomic mass is 32.2. The number of fused-ring (bicyclic) bond motifs is 1. The summed E-state index contributed by atoms with van der Waals surface area (Å²) in [4.78, 5) is 20.7. The first kappa shape index (κ1) is 34.7. The van der Waals surface area contributed by atoms with Gasteiger partial charge in [0.25, 0.3) is 15.9 Å². The minimum atomic E-state index is -3.70. The molecule has 4 aromatic rings. The minimum Gasteiger partial charge on any atom is -0.381 e. The van der Waals surface area contributed by atoms with E-state index in [0.29, 0.717) is 31.3 Å². The number of para-hydroxylation sites is 1. The van der Waals surface area contributed by atoms with Crippen LogP contribution >= 0.6 is 11.3 Å². The molecule has 246 valence electrons. The van der Waals surface area contributed by atoms with E-state index in [0.717, 1.165) is 33.2 Å². The van der Waals surface area contributed by atoms with Crippen molar-refractivity contribution in [2.24, 2.45) is 0 Å². The van der Waals surface area contributed by atoms with Crippen LogP contribution in [0.4, 0.5) is 10.8 Å². The molecular formula is C33H49N5O4S2Si. The van der Waals surface area contributed by atoms with Crippen molar-refractivity contribution in [3.05, 3.63) is 72.4 Å². The maximum Gasteiger partial charge on any atom is 0.263 e. The summed E-state index contributed by atoms with van der Waals surface area (Å²) >= 11 is 1.21. The van der Waals surface area contributed by atoms with Gasteiger partial charge in [0.1, 0.15) is 0 Å². The molecule has 0 radical (unpaired) electrons. The maximum atomic E-state index is 12.9. The van der Waals surface area contributed by atoms with Gasteiger partial charge in [-0.05, 0) is 41.8 Å². The monoisotopic (exact) mass is 671 g/mol. The summed E-state index contributed by atoms with van der Waals surface area (Å²) in [7, 11) is -4.15. The van der Waals surface area contributed by atoms with Crippen LogP contribution in [0.1, 0.15) is 43.0 Å². The van der Waals surface area contributed by atoms with Gasteiger partial charge in [-0.1, -0.05) is 76.4 Å². The Morgan fingerprint density at radius 1 is 0.956 bits per heavy atom. The Hall–Kier alpha value is -3.19. The second kappa shape index (κ2) is 15.4. The van der Waals surface area contributed by atoms with Crippen molar-refractivity contribution in [1.29, 1.82) is 0 Å². The Morgan fingerprint density at radius 3 is 2.13 bits per heavy atom. The van der Waals surface area contributed by atoms with Gasteiger partial charge in [0.15, 0.2) is 11.2 Å². The van der Waals surface area contributed by atoms with Crippen molar-refractivity contribution in [3.8, 4) is 0 Å². The molecule has 0 unspecified atom stereocenters. The second-order valence-corrected chi connectivity index (χ2v) is 20.3. The number of benzene rings is 2. The van der Waals surface area contributed by atoms with Gasteiger partial charge in [-0.2, -0.15) is 0 Å². The van der Waals surface area contributed by atoms with E-state index in [1.165, 1.54) is 17.5 Å². The van der Waals surface area contributed by atoms with Gasteiger partial charge in [0.2, 0.25) is 0 Å². The average Bonchev–Trinajstić information content (AvgIpc) is 3.66. The zero-order valence-corrected chi connectivity index (χ0v) is 29.9. The van der Waals surface area contributed by atoms with Crippen molar-refractivity contribution in [3.63, 3.8) is 0 Å². The summed E-state index contributed by atoms with van der Waals surface area (Å²) in [6, 6.07) is 16.5. The zero-order valence-electron chi connectivity index (χ0n) is 27.1. The molecule has 0 bridgehead atoms. The number of carbonyl (C=O) groups is 1. The lowest BCUT2D eigenvalue weighted by molar-refractivity contribution is -0.141. The summed E-state index contributed by atoms with van der Waals surface area (Å²) in [5.74, 6) is -0.280.